The van der Waals surface area contributed by atoms with E-state index in [1.165, 1.54) is 4.90 Å². The van der Waals surface area contributed by atoms with Gasteiger partial charge in [-0.2, -0.15) is 4.98 Å². The molecule has 0 radical (unpaired) electrons. The monoisotopic (exact) mass is 338 g/mol. The first-order valence-corrected chi connectivity index (χ1v) is 7.92. The molecular weight excluding hydrogens is 324 g/mol. The molecule has 2 aromatic rings. The van der Waals surface area contributed by atoms with Gasteiger partial charge in [0.2, 0.25) is 5.95 Å². The largest absolute Gasteiger partial charge is 0.354 e. The molecule has 4 nitrogen and oxygen atoms in total. The second-order valence-electron chi connectivity index (χ2n) is 3.77. The molecule has 0 bridgehead atoms. The Morgan fingerprint density at radius 1 is 1.26 bits per heavy atom. The maximum atomic E-state index is 4.41. The Kier molecular flexibility index (Phi) is 5.04. The molecular formula is C13H15BrN4S. The van der Waals surface area contributed by atoms with Crippen LogP contribution in [0, 0.1) is 0 Å². The standard InChI is InChI=1S/C13H15BrN4S/c1-3-15-13-16-8-11(14)12(18-13)17-9-4-6-10(19-2)7-5-9/h4-8H,3H2,1-2H3,(H2,15,16,17,18). The Balaban J connectivity index is 2.18. The van der Waals surface area contributed by atoms with Crippen LogP contribution in [0.15, 0.2) is 39.8 Å². The molecule has 1 heterocycles. The van der Waals surface area contributed by atoms with Crippen molar-refractivity contribution in [3.8, 4) is 0 Å². The third-order valence-electron chi connectivity index (χ3n) is 2.43. The summed E-state index contributed by atoms with van der Waals surface area (Å²) in [6, 6.07) is 8.22. The van der Waals surface area contributed by atoms with Gasteiger partial charge >= 0.3 is 0 Å². The molecule has 1 aromatic heterocycles. The molecule has 0 fully saturated rings. The number of hydrogen-bond acceptors (Lipinski definition) is 5. The van der Waals surface area contributed by atoms with Gasteiger partial charge in [-0.25, -0.2) is 4.98 Å². The second-order valence-corrected chi connectivity index (χ2v) is 5.51. The number of rotatable bonds is 5. The van der Waals surface area contributed by atoms with E-state index in [1.807, 2.05) is 19.1 Å². The molecule has 0 atom stereocenters. The zero-order valence-corrected chi connectivity index (χ0v) is 13.2. The van der Waals surface area contributed by atoms with Gasteiger partial charge in [-0.3, -0.25) is 0 Å². The summed E-state index contributed by atoms with van der Waals surface area (Å²) in [7, 11) is 0. The van der Waals surface area contributed by atoms with E-state index in [1.54, 1.807) is 18.0 Å². The number of halogens is 1. The molecule has 6 heteroatoms. The summed E-state index contributed by atoms with van der Waals surface area (Å²) in [5.41, 5.74) is 1.000. The van der Waals surface area contributed by atoms with Crippen LogP contribution < -0.4 is 10.6 Å². The average Bonchev–Trinajstić information content (AvgIpc) is 2.44. The Morgan fingerprint density at radius 2 is 2.00 bits per heavy atom. The van der Waals surface area contributed by atoms with Crippen LogP contribution in [0.4, 0.5) is 17.5 Å². The van der Waals surface area contributed by atoms with Crippen molar-refractivity contribution in [2.24, 2.45) is 0 Å². The number of nitrogens with one attached hydrogen (secondary N) is 2. The maximum Gasteiger partial charge on any atom is 0.224 e. The molecule has 0 saturated carbocycles. The molecule has 1 aromatic carbocycles. The summed E-state index contributed by atoms with van der Waals surface area (Å²) < 4.78 is 0.836. The van der Waals surface area contributed by atoms with Crippen molar-refractivity contribution in [2.75, 3.05) is 23.4 Å². The lowest BCUT2D eigenvalue weighted by Crippen LogP contribution is -2.04. The zero-order valence-electron chi connectivity index (χ0n) is 10.8. The van der Waals surface area contributed by atoms with E-state index in [-0.39, 0.29) is 0 Å². The van der Waals surface area contributed by atoms with Gasteiger partial charge in [-0.1, -0.05) is 0 Å². The van der Waals surface area contributed by atoms with Crippen LogP contribution in [0.5, 0.6) is 0 Å². The Morgan fingerprint density at radius 3 is 2.63 bits per heavy atom. The molecule has 0 aliphatic rings. The number of thioether (sulfide) groups is 1. The van der Waals surface area contributed by atoms with Gasteiger partial charge in [0.25, 0.3) is 0 Å². The molecule has 0 saturated heterocycles. The molecule has 100 valence electrons. The van der Waals surface area contributed by atoms with Gasteiger partial charge in [0.1, 0.15) is 5.82 Å². The van der Waals surface area contributed by atoms with Gasteiger partial charge in [-0.05, 0) is 53.4 Å². The highest BCUT2D eigenvalue weighted by Crippen LogP contribution is 2.25. The highest BCUT2D eigenvalue weighted by atomic mass is 79.9. The van der Waals surface area contributed by atoms with Crippen LogP contribution in [-0.2, 0) is 0 Å². The van der Waals surface area contributed by atoms with Crippen LogP contribution in [0.1, 0.15) is 6.92 Å². The molecule has 2 N–H and O–H groups in total. The lowest BCUT2D eigenvalue weighted by Gasteiger charge is -2.09. The first kappa shape index (κ1) is 14.1. The van der Waals surface area contributed by atoms with Crippen molar-refractivity contribution in [1.82, 2.24) is 9.97 Å². The Bertz CT molecular complexity index is 545. The maximum absolute atomic E-state index is 4.41. The fourth-order valence-corrected chi connectivity index (χ4v) is 2.21. The smallest absolute Gasteiger partial charge is 0.224 e. The minimum absolute atomic E-state index is 0.619. The quantitative estimate of drug-likeness (QED) is 0.802. The van der Waals surface area contributed by atoms with Crippen molar-refractivity contribution >= 4 is 45.1 Å². The van der Waals surface area contributed by atoms with Crippen molar-refractivity contribution in [3.05, 3.63) is 34.9 Å². The van der Waals surface area contributed by atoms with E-state index < -0.39 is 0 Å². The lowest BCUT2D eigenvalue weighted by atomic mass is 10.3. The van der Waals surface area contributed by atoms with Crippen molar-refractivity contribution in [1.29, 1.82) is 0 Å². The van der Waals surface area contributed by atoms with Crippen molar-refractivity contribution < 1.29 is 0 Å². The van der Waals surface area contributed by atoms with Crippen LogP contribution >= 0.6 is 27.7 Å². The molecule has 0 amide bonds. The molecule has 2 rings (SSSR count). The number of benzene rings is 1. The summed E-state index contributed by atoms with van der Waals surface area (Å²) in [6.07, 6.45) is 3.80. The van der Waals surface area contributed by atoms with Gasteiger partial charge in [0.05, 0.1) is 4.47 Å². The first-order chi connectivity index (χ1) is 9.22. The molecule has 0 aliphatic heterocycles. The van der Waals surface area contributed by atoms with Gasteiger partial charge in [0, 0.05) is 23.3 Å². The fourth-order valence-electron chi connectivity index (χ4n) is 1.51. The fraction of sp³-hybridized carbons (Fsp3) is 0.231. The predicted molar refractivity (Wildman–Crippen MR) is 85.4 cm³/mol. The number of hydrogen-bond donors (Lipinski definition) is 2. The highest BCUT2D eigenvalue weighted by molar-refractivity contribution is 9.10. The van der Waals surface area contributed by atoms with Crippen LogP contribution in [0.25, 0.3) is 0 Å². The molecule has 0 unspecified atom stereocenters. The summed E-state index contributed by atoms with van der Waals surface area (Å²) in [5.74, 6) is 1.37. The second kappa shape index (κ2) is 6.77. The van der Waals surface area contributed by atoms with E-state index in [4.69, 9.17) is 0 Å². The van der Waals surface area contributed by atoms with E-state index in [0.29, 0.717) is 5.95 Å². The van der Waals surface area contributed by atoms with Crippen LogP contribution in [0.2, 0.25) is 0 Å². The van der Waals surface area contributed by atoms with E-state index >= 15 is 0 Å². The van der Waals surface area contributed by atoms with Crippen molar-refractivity contribution in [3.63, 3.8) is 0 Å². The van der Waals surface area contributed by atoms with E-state index in [0.717, 1.165) is 22.5 Å². The van der Waals surface area contributed by atoms with Gasteiger partial charge in [-0.15, -0.1) is 11.8 Å². The lowest BCUT2D eigenvalue weighted by molar-refractivity contribution is 1.08. The normalized spacial score (nSPS) is 10.3. The number of anilines is 3. The zero-order chi connectivity index (χ0) is 13.7. The summed E-state index contributed by atoms with van der Waals surface area (Å²) in [6.45, 7) is 2.81. The molecule has 0 spiro atoms. The average molecular weight is 339 g/mol. The molecule has 19 heavy (non-hydrogen) atoms. The summed E-state index contributed by atoms with van der Waals surface area (Å²) >= 11 is 5.17. The highest BCUT2D eigenvalue weighted by Gasteiger charge is 2.05. The third kappa shape index (κ3) is 3.84. The topological polar surface area (TPSA) is 49.8 Å². The molecule has 0 aliphatic carbocycles. The van der Waals surface area contributed by atoms with Crippen LogP contribution in [0.3, 0.4) is 0 Å². The van der Waals surface area contributed by atoms with E-state index in [2.05, 4.69) is 54.9 Å². The number of aromatic nitrogens is 2. The van der Waals surface area contributed by atoms with Gasteiger partial charge < -0.3 is 10.6 Å². The first-order valence-electron chi connectivity index (χ1n) is 5.90. The minimum atomic E-state index is 0.619. The Labute approximate surface area is 125 Å². The van der Waals surface area contributed by atoms with Crippen LogP contribution in [-0.4, -0.2) is 22.8 Å². The summed E-state index contributed by atoms with van der Waals surface area (Å²) in [4.78, 5) is 9.84. The summed E-state index contributed by atoms with van der Waals surface area (Å²) in [5, 5.41) is 6.37. The third-order valence-corrected chi connectivity index (χ3v) is 3.76. The SMILES string of the molecule is CCNc1ncc(Br)c(Nc2ccc(SC)cc2)n1. The Hall–Kier alpha value is -1.27. The predicted octanol–water partition coefficient (Wildman–Crippen LogP) is 4.14. The van der Waals surface area contributed by atoms with Gasteiger partial charge in [0.15, 0.2) is 0 Å². The van der Waals surface area contributed by atoms with Crippen molar-refractivity contribution in [2.45, 2.75) is 11.8 Å². The minimum Gasteiger partial charge on any atom is -0.354 e. The van der Waals surface area contributed by atoms with E-state index in [9.17, 15) is 0 Å². The number of nitrogens with zero attached hydrogens (tertiary/aromatic N) is 2.